The number of aromatic amines is 1. The van der Waals surface area contributed by atoms with Crippen LogP contribution in [0.4, 0.5) is 0 Å². The van der Waals surface area contributed by atoms with Crippen LogP contribution in [-0.4, -0.2) is 31.3 Å². The third-order valence-corrected chi connectivity index (χ3v) is 2.84. The molecule has 2 aromatic rings. The molecule has 0 aliphatic heterocycles. The first-order valence-corrected chi connectivity index (χ1v) is 6.33. The fraction of sp³-hybridized carbons (Fsp3) is 0.583. The molecule has 0 aliphatic rings. The molecule has 0 spiro atoms. The van der Waals surface area contributed by atoms with Crippen molar-refractivity contribution in [1.29, 1.82) is 0 Å². The Balaban J connectivity index is 1.67. The molecule has 18 heavy (non-hydrogen) atoms. The molecule has 0 unspecified atom stereocenters. The molecular weight excluding hydrogens is 228 g/mol. The molecule has 0 aliphatic carbocycles. The molecule has 0 saturated heterocycles. The summed E-state index contributed by atoms with van der Waals surface area (Å²) in [5.41, 5.74) is 1.23. The van der Waals surface area contributed by atoms with E-state index in [0.29, 0.717) is 6.04 Å². The van der Waals surface area contributed by atoms with Gasteiger partial charge in [-0.2, -0.15) is 5.10 Å². The van der Waals surface area contributed by atoms with Crippen LogP contribution in [0.1, 0.15) is 37.8 Å². The Kier molecular flexibility index (Phi) is 4.46. The van der Waals surface area contributed by atoms with Crippen LogP contribution >= 0.6 is 0 Å². The third kappa shape index (κ3) is 3.40. The summed E-state index contributed by atoms with van der Waals surface area (Å²) in [7, 11) is 0. The van der Waals surface area contributed by atoms with Gasteiger partial charge in [-0.25, -0.2) is 9.97 Å². The van der Waals surface area contributed by atoms with Gasteiger partial charge in [-0.15, -0.1) is 0 Å². The Morgan fingerprint density at radius 1 is 1.44 bits per heavy atom. The van der Waals surface area contributed by atoms with Crippen molar-refractivity contribution in [3.8, 4) is 0 Å². The van der Waals surface area contributed by atoms with Crippen molar-refractivity contribution in [1.82, 2.24) is 30.0 Å². The van der Waals surface area contributed by atoms with Crippen molar-refractivity contribution >= 4 is 0 Å². The van der Waals surface area contributed by atoms with Gasteiger partial charge in [0.2, 0.25) is 0 Å². The Morgan fingerprint density at radius 3 is 3.06 bits per heavy atom. The summed E-state index contributed by atoms with van der Waals surface area (Å²) in [6, 6.07) is 0.457. The fourth-order valence-electron chi connectivity index (χ4n) is 1.88. The van der Waals surface area contributed by atoms with Crippen molar-refractivity contribution in [3.05, 3.63) is 30.4 Å². The maximum absolute atomic E-state index is 4.18. The monoisotopic (exact) mass is 248 g/mol. The Labute approximate surface area is 107 Å². The fourth-order valence-corrected chi connectivity index (χ4v) is 1.88. The summed E-state index contributed by atoms with van der Waals surface area (Å²) in [6.45, 7) is 6.14. The molecule has 0 amide bonds. The first-order chi connectivity index (χ1) is 8.77. The van der Waals surface area contributed by atoms with E-state index in [1.807, 2.05) is 12.5 Å². The zero-order valence-corrected chi connectivity index (χ0v) is 10.9. The van der Waals surface area contributed by atoms with Gasteiger partial charge in [0, 0.05) is 25.2 Å². The quantitative estimate of drug-likeness (QED) is 0.725. The topological polar surface area (TPSA) is 71.4 Å². The lowest BCUT2D eigenvalue weighted by Gasteiger charge is -2.12. The maximum Gasteiger partial charge on any atom is 0.137 e. The minimum atomic E-state index is 0.457. The molecule has 0 radical (unpaired) electrons. The number of hydrogen-bond donors (Lipinski definition) is 2. The second-order valence-corrected chi connectivity index (χ2v) is 4.60. The van der Waals surface area contributed by atoms with Crippen molar-refractivity contribution in [3.63, 3.8) is 0 Å². The van der Waals surface area contributed by atoms with Gasteiger partial charge in [0.25, 0.3) is 0 Å². The first-order valence-electron chi connectivity index (χ1n) is 6.33. The number of nitrogens with one attached hydrogen (secondary N) is 2. The molecule has 0 fully saturated rings. The van der Waals surface area contributed by atoms with Crippen LogP contribution < -0.4 is 5.32 Å². The van der Waals surface area contributed by atoms with E-state index in [-0.39, 0.29) is 0 Å². The van der Waals surface area contributed by atoms with E-state index in [2.05, 4.69) is 43.9 Å². The number of hydrogen-bond acceptors (Lipinski definition) is 4. The number of imidazole rings is 1. The minimum absolute atomic E-state index is 0.457. The molecule has 0 bridgehead atoms. The smallest absolute Gasteiger partial charge is 0.137 e. The first kappa shape index (κ1) is 12.8. The van der Waals surface area contributed by atoms with Crippen molar-refractivity contribution in [2.24, 2.45) is 0 Å². The van der Waals surface area contributed by atoms with E-state index in [9.17, 15) is 0 Å². The number of H-pyrrole nitrogens is 1. The predicted molar refractivity (Wildman–Crippen MR) is 69.0 cm³/mol. The predicted octanol–water partition coefficient (Wildman–Crippen LogP) is 1.30. The lowest BCUT2D eigenvalue weighted by molar-refractivity contribution is 0.545. The normalized spacial score (nSPS) is 11.3. The zero-order chi connectivity index (χ0) is 12.8. The van der Waals surface area contributed by atoms with Gasteiger partial charge in [-0.3, -0.25) is 5.10 Å². The number of rotatable bonds is 7. The van der Waals surface area contributed by atoms with E-state index in [0.717, 1.165) is 31.8 Å². The molecule has 0 atom stereocenters. The Hall–Kier alpha value is -1.69. The second-order valence-electron chi connectivity index (χ2n) is 4.60. The van der Waals surface area contributed by atoms with Gasteiger partial charge in [-0.1, -0.05) is 0 Å². The molecule has 2 heterocycles. The van der Waals surface area contributed by atoms with Crippen molar-refractivity contribution in [2.45, 2.75) is 39.3 Å². The summed E-state index contributed by atoms with van der Waals surface area (Å²) in [5.74, 6) is 0.948. The van der Waals surface area contributed by atoms with Crippen LogP contribution in [0.5, 0.6) is 0 Å². The van der Waals surface area contributed by atoms with Crippen LogP contribution in [0.2, 0.25) is 0 Å². The molecule has 0 aromatic carbocycles. The molecular formula is C12H20N6. The lowest BCUT2D eigenvalue weighted by Crippen LogP contribution is -2.18. The van der Waals surface area contributed by atoms with Gasteiger partial charge in [-0.05, 0) is 26.8 Å². The highest BCUT2D eigenvalue weighted by atomic mass is 15.2. The van der Waals surface area contributed by atoms with E-state index in [1.165, 1.54) is 5.69 Å². The van der Waals surface area contributed by atoms with Gasteiger partial charge < -0.3 is 9.88 Å². The summed E-state index contributed by atoms with van der Waals surface area (Å²) in [4.78, 5) is 8.28. The Bertz CT molecular complexity index is 445. The molecule has 98 valence electrons. The largest absolute Gasteiger partial charge is 0.331 e. The van der Waals surface area contributed by atoms with Crippen molar-refractivity contribution in [2.75, 3.05) is 6.54 Å². The average Bonchev–Trinajstić information content (AvgIpc) is 2.98. The SMILES string of the molecule is CC(C)n1cncc1CNCCCc1ncn[nH]1. The number of nitrogens with zero attached hydrogens (tertiary/aromatic N) is 4. The highest BCUT2D eigenvalue weighted by Crippen LogP contribution is 2.08. The van der Waals surface area contributed by atoms with Gasteiger partial charge in [0.15, 0.2) is 0 Å². The van der Waals surface area contributed by atoms with Crippen LogP contribution in [0.25, 0.3) is 0 Å². The third-order valence-electron chi connectivity index (χ3n) is 2.84. The van der Waals surface area contributed by atoms with Crippen LogP contribution in [0.15, 0.2) is 18.9 Å². The van der Waals surface area contributed by atoms with Crippen LogP contribution in [-0.2, 0) is 13.0 Å². The molecule has 6 nitrogen and oxygen atoms in total. The zero-order valence-electron chi connectivity index (χ0n) is 10.9. The highest BCUT2D eigenvalue weighted by molar-refractivity contribution is 4.99. The van der Waals surface area contributed by atoms with Gasteiger partial charge in [0.05, 0.1) is 12.0 Å². The minimum Gasteiger partial charge on any atom is -0.331 e. The maximum atomic E-state index is 4.18. The summed E-state index contributed by atoms with van der Waals surface area (Å²) in [6.07, 6.45) is 7.32. The lowest BCUT2D eigenvalue weighted by atomic mass is 10.3. The van der Waals surface area contributed by atoms with E-state index in [1.54, 1.807) is 6.33 Å². The van der Waals surface area contributed by atoms with Crippen molar-refractivity contribution < 1.29 is 0 Å². The molecule has 2 rings (SSSR count). The van der Waals surface area contributed by atoms with Gasteiger partial charge >= 0.3 is 0 Å². The number of aryl methyl sites for hydroxylation is 1. The molecule has 0 saturated carbocycles. The Morgan fingerprint density at radius 2 is 2.33 bits per heavy atom. The van der Waals surface area contributed by atoms with E-state index in [4.69, 9.17) is 0 Å². The van der Waals surface area contributed by atoms with E-state index >= 15 is 0 Å². The van der Waals surface area contributed by atoms with Crippen LogP contribution in [0.3, 0.4) is 0 Å². The highest BCUT2D eigenvalue weighted by Gasteiger charge is 2.04. The summed E-state index contributed by atoms with van der Waals surface area (Å²) in [5, 5.41) is 10.1. The van der Waals surface area contributed by atoms with Gasteiger partial charge in [0.1, 0.15) is 12.2 Å². The molecule has 2 N–H and O–H groups in total. The summed E-state index contributed by atoms with van der Waals surface area (Å²) >= 11 is 0. The van der Waals surface area contributed by atoms with E-state index < -0.39 is 0 Å². The molecule has 6 heteroatoms. The average molecular weight is 248 g/mol. The standard InChI is InChI=1S/C12H20N6/c1-10(2)18-9-14-7-11(18)6-13-5-3-4-12-15-8-16-17-12/h7-10,13H,3-6H2,1-2H3,(H,15,16,17). The number of aromatic nitrogens is 5. The molecule has 2 aromatic heterocycles. The summed E-state index contributed by atoms with van der Waals surface area (Å²) < 4.78 is 2.18. The second kappa shape index (κ2) is 6.30. The van der Waals surface area contributed by atoms with Crippen LogP contribution in [0, 0.1) is 0 Å².